The standard InChI is InChI=1S/C25H17F6N3O3/c26-24(27,28)15-6-8-17(18(10-15)25(29,30)31)23(37)33-16-7-9-19-21(11-16)34(13-32-19)20(12-22(35)36)14-4-2-1-3-5-14/h1-11,13,20H,12H2,(H,33,37)(H,35,36). The van der Waals surface area contributed by atoms with Gasteiger partial charge in [0.25, 0.3) is 5.91 Å². The number of nitrogens with one attached hydrogen (secondary N) is 1. The third-order valence-electron chi connectivity index (χ3n) is 5.62. The first-order valence-corrected chi connectivity index (χ1v) is 10.7. The summed E-state index contributed by atoms with van der Waals surface area (Å²) in [7, 11) is 0. The van der Waals surface area contributed by atoms with Crippen molar-refractivity contribution in [2.45, 2.75) is 24.8 Å². The molecule has 1 atom stereocenters. The molecule has 0 radical (unpaired) electrons. The van der Waals surface area contributed by atoms with Crippen LogP contribution in [0.4, 0.5) is 32.0 Å². The number of carboxylic acids is 1. The molecule has 0 aliphatic rings. The summed E-state index contributed by atoms with van der Waals surface area (Å²) in [6, 6.07) is 13.0. The summed E-state index contributed by atoms with van der Waals surface area (Å²) in [4.78, 5) is 28.5. The number of hydrogen-bond donors (Lipinski definition) is 2. The Balaban J connectivity index is 1.71. The molecular weight excluding hydrogens is 504 g/mol. The lowest BCUT2D eigenvalue weighted by Gasteiger charge is -2.19. The maximum atomic E-state index is 13.5. The van der Waals surface area contributed by atoms with E-state index < -0.39 is 47.0 Å². The molecule has 192 valence electrons. The number of aromatic nitrogens is 2. The van der Waals surface area contributed by atoms with Gasteiger partial charge in [-0.3, -0.25) is 9.59 Å². The smallest absolute Gasteiger partial charge is 0.417 e. The second-order valence-corrected chi connectivity index (χ2v) is 8.09. The van der Waals surface area contributed by atoms with Crippen LogP contribution in [-0.4, -0.2) is 26.5 Å². The fourth-order valence-electron chi connectivity index (χ4n) is 3.92. The molecule has 0 aliphatic heterocycles. The van der Waals surface area contributed by atoms with E-state index in [2.05, 4.69) is 10.3 Å². The first kappa shape index (κ1) is 25.7. The number of amides is 1. The van der Waals surface area contributed by atoms with Crippen LogP contribution >= 0.6 is 0 Å². The Kier molecular flexibility index (Phi) is 6.68. The number of hydrogen-bond acceptors (Lipinski definition) is 3. The number of aliphatic carboxylic acids is 1. The summed E-state index contributed by atoms with van der Waals surface area (Å²) in [6.45, 7) is 0. The van der Waals surface area contributed by atoms with Crippen molar-refractivity contribution in [1.29, 1.82) is 0 Å². The molecule has 0 aliphatic carbocycles. The summed E-state index contributed by atoms with van der Waals surface area (Å²) in [5.41, 5.74) is -2.73. The minimum atomic E-state index is -5.21. The monoisotopic (exact) mass is 521 g/mol. The van der Waals surface area contributed by atoms with E-state index in [1.54, 1.807) is 34.9 Å². The fourth-order valence-corrected chi connectivity index (χ4v) is 3.92. The Morgan fingerprint density at radius 2 is 1.62 bits per heavy atom. The van der Waals surface area contributed by atoms with E-state index >= 15 is 0 Å². The fraction of sp³-hybridized carbons (Fsp3) is 0.160. The molecule has 0 saturated carbocycles. The van der Waals surface area contributed by atoms with Crippen LogP contribution in [0, 0.1) is 0 Å². The van der Waals surface area contributed by atoms with Crippen molar-refractivity contribution in [3.63, 3.8) is 0 Å². The van der Waals surface area contributed by atoms with Crippen LogP contribution in [-0.2, 0) is 17.1 Å². The first-order valence-electron chi connectivity index (χ1n) is 10.7. The number of carbonyl (C=O) groups is 2. The zero-order chi connectivity index (χ0) is 27.0. The molecule has 0 bridgehead atoms. The molecule has 1 amide bonds. The van der Waals surface area contributed by atoms with Gasteiger partial charge < -0.3 is 15.0 Å². The van der Waals surface area contributed by atoms with Gasteiger partial charge in [0.05, 0.1) is 46.5 Å². The Bertz CT molecular complexity index is 1460. The number of nitrogens with zero attached hydrogens (tertiary/aromatic N) is 2. The number of anilines is 1. The zero-order valence-corrected chi connectivity index (χ0v) is 18.6. The highest BCUT2D eigenvalue weighted by Gasteiger charge is 2.39. The van der Waals surface area contributed by atoms with Gasteiger partial charge in [-0.25, -0.2) is 4.98 Å². The Morgan fingerprint density at radius 1 is 0.919 bits per heavy atom. The second-order valence-electron chi connectivity index (χ2n) is 8.09. The van der Waals surface area contributed by atoms with Crippen LogP contribution < -0.4 is 5.32 Å². The predicted molar refractivity (Wildman–Crippen MR) is 121 cm³/mol. The highest BCUT2D eigenvalue weighted by Crippen LogP contribution is 2.37. The molecule has 0 fully saturated rings. The largest absolute Gasteiger partial charge is 0.481 e. The normalized spacial score (nSPS) is 12.9. The van der Waals surface area contributed by atoms with Gasteiger partial charge in [0.15, 0.2) is 0 Å². The predicted octanol–water partition coefficient (Wildman–Crippen LogP) is 6.39. The molecule has 1 aromatic heterocycles. The quantitative estimate of drug-likeness (QED) is 0.288. The molecule has 37 heavy (non-hydrogen) atoms. The molecule has 12 heteroatoms. The Labute approximate surface area is 205 Å². The van der Waals surface area contributed by atoms with E-state index in [1.165, 1.54) is 24.5 Å². The van der Waals surface area contributed by atoms with Gasteiger partial charge in [0, 0.05) is 5.69 Å². The maximum Gasteiger partial charge on any atom is 0.417 e. The van der Waals surface area contributed by atoms with Gasteiger partial charge in [-0.15, -0.1) is 0 Å². The van der Waals surface area contributed by atoms with E-state index in [9.17, 15) is 41.0 Å². The number of fused-ring (bicyclic) bond motifs is 1. The number of rotatable bonds is 6. The van der Waals surface area contributed by atoms with Gasteiger partial charge in [0.1, 0.15) is 0 Å². The Hall–Kier alpha value is -4.35. The second kappa shape index (κ2) is 9.60. The van der Waals surface area contributed by atoms with Gasteiger partial charge in [0.2, 0.25) is 0 Å². The average Bonchev–Trinajstić information content (AvgIpc) is 3.24. The molecule has 1 heterocycles. The van der Waals surface area contributed by atoms with E-state index in [0.717, 1.165) is 0 Å². The van der Waals surface area contributed by atoms with Gasteiger partial charge in [-0.1, -0.05) is 30.3 Å². The third kappa shape index (κ3) is 5.57. The van der Waals surface area contributed by atoms with Crippen LogP contribution in [0.2, 0.25) is 0 Å². The lowest BCUT2D eigenvalue weighted by molar-refractivity contribution is -0.143. The van der Waals surface area contributed by atoms with Gasteiger partial charge >= 0.3 is 18.3 Å². The molecular formula is C25H17F6N3O3. The summed E-state index contributed by atoms with van der Waals surface area (Å²) in [5, 5.41) is 11.7. The number of benzene rings is 3. The molecule has 0 saturated heterocycles. The van der Waals surface area contributed by atoms with Crippen molar-refractivity contribution in [1.82, 2.24) is 9.55 Å². The van der Waals surface area contributed by atoms with E-state index in [1.807, 2.05) is 0 Å². The highest BCUT2D eigenvalue weighted by molar-refractivity contribution is 6.06. The van der Waals surface area contributed by atoms with Crippen molar-refractivity contribution in [2.24, 2.45) is 0 Å². The minimum absolute atomic E-state index is 0.0365. The van der Waals surface area contributed by atoms with Crippen molar-refractivity contribution < 1.29 is 41.0 Å². The van der Waals surface area contributed by atoms with E-state index in [4.69, 9.17) is 0 Å². The van der Waals surface area contributed by atoms with Crippen molar-refractivity contribution >= 4 is 28.6 Å². The maximum absolute atomic E-state index is 13.5. The number of carbonyl (C=O) groups excluding carboxylic acids is 1. The van der Waals surface area contributed by atoms with E-state index in [-0.39, 0.29) is 18.2 Å². The molecule has 6 nitrogen and oxygen atoms in total. The van der Waals surface area contributed by atoms with Crippen LogP contribution in [0.1, 0.15) is 39.5 Å². The lowest BCUT2D eigenvalue weighted by Crippen LogP contribution is -2.20. The molecule has 4 rings (SSSR count). The number of alkyl halides is 6. The molecule has 3 aromatic carbocycles. The third-order valence-corrected chi connectivity index (χ3v) is 5.62. The highest BCUT2D eigenvalue weighted by atomic mass is 19.4. The lowest BCUT2D eigenvalue weighted by atomic mass is 10.0. The SMILES string of the molecule is O=C(O)CC(c1ccccc1)n1cnc2ccc(NC(=O)c3ccc(C(F)(F)F)cc3C(F)(F)F)cc21. The van der Waals surface area contributed by atoms with E-state index in [0.29, 0.717) is 28.7 Å². The summed E-state index contributed by atoms with van der Waals surface area (Å²) in [6.07, 6.45) is -9.12. The molecule has 1 unspecified atom stereocenters. The minimum Gasteiger partial charge on any atom is -0.481 e. The van der Waals surface area contributed by atoms with Crippen LogP contribution in [0.5, 0.6) is 0 Å². The van der Waals surface area contributed by atoms with Crippen molar-refractivity contribution in [3.8, 4) is 0 Å². The summed E-state index contributed by atoms with van der Waals surface area (Å²) >= 11 is 0. The zero-order valence-electron chi connectivity index (χ0n) is 18.6. The van der Waals surface area contributed by atoms with Crippen LogP contribution in [0.15, 0.2) is 73.1 Å². The molecule has 4 aromatic rings. The first-order chi connectivity index (χ1) is 17.3. The topological polar surface area (TPSA) is 84.2 Å². The summed E-state index contributed by atoms with van der Waals surface area (Å²) in [5.74, 6) is -2.35. The van der Waals surface area contributed by atoms with Crippen LogP contribution in [0.25, 0.3) is 11.0 Å². The Morgan fingerprint density at radius 3 is 2.24 bits per heavy atom. The number of carboxylic acid groups (broad SMARTS) is 1. The molecule has 2 N–H and O–H groups in total. The van der Waals surface area contributed by atoms with Crippen molar-refractivity contribution in [2.75, 3.05) is 5.32 Å². The number of imidazole rings is 1. The van der Waals surface area contributed by atoms with Gasteiger partial charge in [-0.2, -0.15) is 26.3 Å². The van der Waals surface area contributed by atoms with Crippen molar-refractivity contribution in [3.05, 3.63) is 95.3 Å². The summed E-state index contributed by atoms with van der Waals surface area (Å²) < 4.78 is 80.8. The van der Waals surface area contributed by atoms with Crippen LogP contribution in [0.3, 0.4) is 0 Å². The average molecular weight is 521 g/mol. The van der Waals surface area contributed by atoms with Gasteiger partial charge in [-0.05, 0) is 42.0 Å². The number of halogens is 6. The molecule has 0 spiro atoms.